The predicted molar refractivity (Wildman–Crippen MR) is 87.6 cm³/mol. The zero-order valence-corrected chi connectivity index (χ0v) is 13.6. The number of thiophene rings is 1. The van der Waals surface area contributed by atoms with E-state index in [2.05, 4.69) is 33.6 Å². The van der Waals surface area contributed by atoms with Crippen LogP contribution in [0, 0.1) is 0 Å². The maximum atomic E-state index is 6.34. The van der Waals surface area contributed by atoms with Crippen LogP contribution in [-0.4, -0.2) is 18.6 Å². The molecule has 1 N–H and O–H groups in total. The van der Waals surface area contributed by atoms with Gasteiger partial charge in [-0.05, 0) is 36.4 Å². The van der Waals surface area contributed by atoms with Crippen LogP contribution in [0.4, 0.5) is 11.6 Å². The molecule has 0 radical (unpaired) electrons. The van der Waals surface area contributed by atoms with Crippen molar-refractivity contribution in [1.82, 2.24) is 4.98 Å². The fourth-order valence-corrected chi connectivity index (χ4v) is 4.16. The number of aromatic nitrogens is 1. The van der Waals surface area contributed by atoms with Gasteiger partial charge in [0.1, 0.15) is 11.6 Å². The smallest absolute Gasteiger partial charge is 0.150 e. The maximum absolute atomic E-state index is 6.34. The molecule has 106 valence electrons. The van der Waals surface area contributed by atoms with Crippen LogP contribution >= 0.6 is 34.5 Å². The normalized spacial score (nSPS) is 18.0. The van der Waals surface area contributed by atoms with E-state index in [0.29, 0.717) is 15.9 Å². The van der Waals surface area contributed by atoms with E-state index in [0.717, 1.165) is 18.8 Å². The molecule has 0 aromatic carbocycles. The van der Waals surface area contributed by atoms with E-state index in [1.807, 2.05) is 18.4 Å². The number of rotatable bonds is 2. The molecule has 0 bridgehead atoms. The Hall–Kier alpha value is -0.970. The number of fused-ring (bicyclic) bond motifs is 1. The Labute approximate surface area is 132 Å². The number of pyridine rings is 1. The lowest BCUT2D eigenvalue weighted by Gasteiger charge is -2.35. The minimum atomic E-state index is 0.279. The minimum absolute atomic E-state index is 0.279. The summed E-state index contributed by atoms with van der Waals surface area (Å²) in [4.78, 5) is 8.29. The Morgan fingerprint density at radius 3 is 2.95 bits per heavy atom. The lowest BCUT2D eigenvalue weighted by atomic mass is 10.0. The summed E-state index contributed by atoms with van der Waals surface area (Å²) in [6, 6.07) is 4.23. The van der Waals surface area contributed by atoms with Crippen LogP contribution in [0.2, 0.25) is 10.0 Å². The van der Waals surface area contributed by atoms with Gasteiger partial charge in [0.2, 0.25) is 0 Å². The van der Waals surface area contributed by atoms with Crippen molar-refractivity contribution in [3.8, 4) is 0 Å². The second kappa shape index (κ2) is 5.43. The Balaban J connectivity index is 2.02. The molecule has 3 heterocycles. The second-order valence-corrected chi connectivity index (χ2v) is 6.61. The van der Waals surface area contributed by atoms with Gasteiger partial charge in [-0.25, -0.2) is 4.98 Å². The summed E-state index contributed by atoms with van der Waals surface area (Å²) >= 11 is 14.3. The van der Waals surface area contributed by atoms with Gasteiger partial charge in [-0.2, -0.15) is 0 Å². The SMILES string of the molecule is CNc1nc(N2CCc3sccc3C2C)c(Cl)cc1Cl. The van der Waals surface area contributed by atoms with Crippen LogP contribution in [-0.2, 0) is 6.42 Å². The van der Waals surface area contributed by atoms with Crippen LogP contribution < -0.4 is 10.2 Å². The molecular weight excluding hydrogens is 313 g/mol. The van der Waals surface area contributed by atoms with Gasteiger partial charge in [0, 0.05) is 18.5 Å². The number of anilines is 2. The van der Waals surface area contributed by atoms with E-state index in [-0.39, 0.29) is 6.04 Å². The third kappa shape index (κ3) is 2.26. The van der Waals surface area contributed by atoms with Crippen LogP contribution in [0.15, 0.2) is 17.5 Å². The van der Waals surface area contributed by atoms with Gasteiger partial charge in [-0.1, -0.05) is 23.2 Å². The van der Waals surface area contributed by atoms with Gasteiger partial charge in [-0.3, -0.25) is 0 Å². The van der Waals surface area contributed by atoms with E-state index < -0.39 is 0 Å². The molecule has 1 aliphatic heterocycles. The van der Waals surface area contributed by atoms with Gasteiger partial charge in [0.15, 0.2) is 0 Å². The Morgan fingerprint density at radius 2 is 2.20 bits per heavy atom. The molecule has 0 amide bonds. The molecule has 0 fully saturated rings. The van der Waals surface area contributed by atoms with Gasteiger partial charge in [0.25, 0.3) is 0 Å². The maximum Gasteiger partial charge on any atom is 0.150 e. The van der Waals surface area contributed by atoms with E-state index in [9.17, 15) is 0 Å². The lowest BCUT2D eigenvalue weighted by molar-refractivity contribution is 0.625. The summed E-state index contributed by atoms with van der Waals surface area (Å²) in [5.74, 6) is 1.46. The second-order valence-electron chi connectivity index (χ2n) is 4.79. The number of hydrogen-bond donors (Lipinski definition) is 1. The van der Waals surface area contributed by atoms with Gasteiger partial charge >= 0.3 is 0 Å². The first kappa shape index (κ1) is 14.0. The quantitative estimate of drug-likeness (QED) is 0.872. The first-order chi connectivity index (χ1) is 9.61. The molecule has 3 rings (SSSR count). The molecule has 6 heteroatoms. The molecule has 2 aromatic rings. The average Bonchev–Trinajstić information content (AvgIpc) is 2.89. The van der Waals surface area contributed by atoms with Crippen molar-refractivity contribution in [1.29, 1.82) is 0 Å². The molecule has 2 aromatic heterocycles. The topological polar surface area (TPSA) is 28.2 Å². The summed E-state index contributed by atoms with van der Waals surface area (Å²) in [7, 11) is 1.81. The molecule has 0 saturated heterocycles. The minimum Gasteiger partial charge on any atom is -0.372 e. The first-order valence-corrected chi connectivity index (χ1v) is 8.12. The van der Waals surface area contributed by atoms with Crippen LogP contribution in [0.1, 0.15) is 23.4 Å². The molecule has 0 spiro atoms. The number of nitrogens with one attached hydrogen (secondary N) is 1. The summed E-state index contributed by atoms with van der Waals surface area (Å²) < 4.78 is 0. The highest BCUT2D eigenvalue weighted by atomic mass is 35.5. The fraction of sp³-hybridized carbons (Fsp3) is 0.357. The highest BCUT2D eigenvalue weighted by molar-refractivity contribution is 7.10. The number of hydrogen-bond acceptors (Lipinski definition) is 4. The number of nitrogens with zero attached hydrogens (tertiary/aromatic N) is 2. The summed E-state index contributed by atoms with van der Waals surface area (Å²) in [5, 5.41) is 6.30. The Bertz CT molecular complexity index is 641. The highest BCUT2D eigenvalue weighted by Gasteiger charge is 2.27. The van der Waals surface area contributed by atoms with Crippen molar-refractivity contribution in [2.75, 3.05) is 23.8 Å². The predicted octanol–water partition coefficient (Wildman–Crippen LogP) is 4.62. The van der Waals surface area contributed by atoms with E-state index in [1.54, 1.807) is 6.07 Å². The van der Waals surface area contributed by atoms with Crippen LogP contribution in [0.25, 0.3) is 0 Å². The van der Waals surface area contributed by atoms with Crippen LogP contribution in [0.3, 0.4) is 0 Å². The third-order valence-electron chi connectivity index (χ3n) is 3.70. The monoisotopic (exact) mass is 327 g/mol. The van der Waals surface area contributed by atoms with Crippen molar-refractivity contribution in [3.05, 3.63) is 38.0 Å². The largest absolute Gasteiger partial charge is 0.372 e. The molecule has 20 heavy (non-hydrogen) atoms. The highest BCUT2D eigenvalue weighted by Crippen LogP contribution is 2.39. The van der Waals surface area contributed by atoms with Gasteiger partial charge in [0.05, 0.1) is 16.1 Å². The molecule has 1 unspecified atom stereocenters. The molecular formula is C14H15Cl2N3S. The van der Waals surface area contributed by atoms with Crippen LogP contribution in [0.5, 0.6) is 0 Å². The standard InChI is InChI=1S/C14H15Cl2N3S/c1-8-9-4-6-20-12(9)3-5-19(8)14-11(16)7-10(15)13(17-2)18-14/h4,6-8H,3,5H2,1-2H3,(H,17,18). The van der Waals surface area contributed by atoms with Crippen molar-refractivity contribution < 1.29 is 0 Å². The molecule has 1 aliphatic rings. The lowest BCUT2D eigenvalue weighted by Crippen LogP contribution is -2.34. The van der Waals surface area contributed by atoms with Crippen molar-refractivity contribution in [2.24, 2.45) is 0 Å². The summed E-state index contributed by atoms with van der Waals surface area (Å²) in [5.41, 5.74) is 1.38. The van der Waals surface area contributed by atoms with Crippen molar-refractivity contribution in [2.45, 2.75) is 19.4 Å². The first-order valence-electron chi connectivity index (χ1n) is 6.48. The van der Waals surface area contributed by atoms with Crippen molar-refractivity contribution in [3.63, 3.8) is 0 Å². The molecule has 1 atom stereocenters. The van der Waals surface area contributed by atoms with Crippen molar-refractivity contribution >= 4 is 46.2 Å². The van der Waals surface area contributed by atoms with Gasteiger partial charge in [-0.15, -0.1) is 11.3 Å². The Kier molecular flexibility index (Phi) is 3.80. The van der Waals surface area contributed by atoms with Gasteiger partial charge < -0.3 is 10.2 Å². The number of halogens is 2. The average molecular weight is 328 g/mol. The fourth-order valence-electron chi connectivity index (χ4n) is 2.63. The molecule has 0 aliphatic carbocycles. The Morgan fingerprint density at radius 1 is 1.40 bits per heavy atom. The summed E-state index contributed by atoms with van der Waals surface area (Å²) in [6.45, 7) is 3.11. The summed E-state index contributed by atoms with van der Waals surface area (Å²) in [6.07, 6.45) is 1.03. The van der Waals surface area contributed by atoms with E-state index >= 15 is 0 Å². The third-order valence-corrected chi connectivity index (χ3v) is 5.26. The van der Waals surface area contributed by atoms with E-state index in [1.165, 1.54) is 10.4 Å². The zero-order chi connectivity index (χ0) is 14.3. The van der Waals surface area contributed by atoms with E-state index in [4.69, 9.17) is 23.2 Å². The molecule has 0 saturated carbocycles. The zero-order valence-electron chi connectivity index (χ0n) is 11.3. The molecule has 3 nitrogen and oxygen atoms in total.